The molecule has 1 aromatic carbocycles. The van der Waals surface area contributed by atoms with Crippen LogP contribution in [0.4, 0.5) is 5.69 Å². The standard InChI is InChI=1S/C18H27N3O3/c1-3-14-4-6-16(7-5-14)21-13-15(12-17(21)22)18(23)20-9-8-19-10-11-24-2/h4-7,15,19H,3,8-13H2,1-2H3,(H,20,23). The first-order valence-electron chi connectivity index (χ1n) is 8.52. The fourth-order valence-electron chi connectivity index (χ4n) is 2.76. The molecule has 0 aromatic heterocycles. The lowest BCUT2D eigenvalue weighted by Crippen LogP contribution is -2.37. The molecule has 6 heteroatoms. The van der Waals surface area contributed by atoms with Crippen molar-refractivity contribution in [3.8, 4) is 0 Å². The molecule has 1 unspecified atom stereocenters. The Morgan fingerprint density at radius 1 is 1.25 bits per heavy atom. The summed E-state index contributed by atoms with van der Waals surface area (Å²) in [5.41, 5.74) is 2.11. The number of methoxy groups -OCH3 is 1. The molecule has 1 fully saturated rings. The number of benzene rings is 1. The van der Waals surface area contributed by atoms with Gasteiger partial charge in [-0.25, -0.2) is 0 Å². The van der Waals surface area contributed by atoms with Crippen molar-refractivity contribution in [1.29, 1.82) is 0 Å². The SMILES string of the molecule is CCc1ccc(N2CC(C(=O)NCCNCCOC)CC2=O)cc1. The zero-order chi connectivity index (χ0) is 17.4. The summed E-state index contributed by atoms with van der Waals surface area (Å²) in [6.45, 7) is 5.21. The van der Waals surface area contributed by atoms with Crippen molar-refractivity contribution >= 4 is 17.5 Å². The highest BCUT2D eigenvalue weighted by molar-refractivity contribution is 6.00. The number of nitrogens with one attached hydrogen (secondary N) is 2. The Morgan fingerprint density at radius 2 is 2.00 bits per heavy atom. The number of nitrogens with zero attached hydrogens (tertiary/aromatic N) is 1. The van der Waals surface area contributed by atoms with Crippen molar-refractivity contribution in [3.05, 3.63) is 29.8 Å². The minimum Gasteiger partial charge on any atom is -0.383 e. The number of carbonyl (C=O) groups excluding carboxylic acids is 2. The van der Waals surface area contributed by atoms with E-state index >= 15 is 0 Å². The third-order valence-corrected chi connectivity index (χ3v) is 4.24. The monoisotopic (exact) mass is 333 g/mol. The Bertz CT molecular complexity index is 545. The van der Waals surface area contributed by atoms with Gasteiger partial charge in [0.15, 0.2) is 0 Å². The van der Waals surface area contributed by atoms with Crippen LogP contribution in [0, 0.1) is 5.92 Å². The smallest absolute Gasteiger partial charge is 0.227 e. The van der Waals surface area contributed by atoms with E-state index in [0.717, 1.165) is 18.7 Å². The number of hydrogen-bond donors (Lipinski definition) is 2. The molecule has 1 aliphatic heterocycles. The van der Waals surface area contributed by atoms with E-state index in [1.807, 2.05) is 24.3 Å². The lowest BCUT2D eigenvalue weighted by Gasteiger charge is -2.17. The van der Waals surface area contributed by atoms with Gasteiger partial charge < -0.3 is 20.3 Å². The van der Waals surface area contributed by atoms with Crippen LogP contribution in [0.1, 0.15) is 18.9 Å². The van der Waals surface area contributed by atoms with Gasteiger partial charge in [-0.05, 0) is 24.1 Å². The van der Waals surface area contributed by atoms with Crippen molar-refractivity contribution in [1.82, 2.24) is 10.6 Å². The van der Waals surface area contributed by atoms with E-state index in [1.54, 1.807) is 12.0 Å². The van der Waals surface area contributed by atoms with Gasteiger partial charge in [0.2, 0.25) is 11.8 Å². The second-order valence-corrected chi connectivity index (χ2v) is 5.96. The van der Waals surface area contributed by atoms with Gasteiger partial charge in [0.05, 0.1) is 12.5 Å². The van der Waals surface area contributed by atoms with Gasteiger partial charge in [-0.2, -0.15) is 0 Å². The fourth-order valence-corrected chi connectivity index (χ4v) is 2.76. The number of ether oxygens (including phenoxy) is 1. The van der Waals surface area contributed by atoms with E-state index < -0.39 is 0 Å². The number of anilines is 1. The largest absolute Gasteiger partial charge is 0.383 e. The van der Waals surface area contributed by atoms with Gasteiger partial charge in [0.1, 0.15) is 0 Å². The van der Waals surface area contributed by atoms with Crippen molar-refractivity contribution in [2.24, 2.45) is 5.92 Å². The third-order valence-electron chi connectivity index (χ3n) is 4.24. The average Bonchev–Trinajstić information content (AvgIpc) is 3.00. The fraction of sp³-hybridized carbons (Fsp3) is 0.556. The maximum absolute atomic E-state index is 12.2. The molecule has 0 radical (unpaired) electrons. The van der Waals surface area contributed by atoms with Gasteiger partial charge in [-0.15, -0.1) is 0 Å². The van der Waals surface area contributed by atoms with Crippen LogP contribution in [-0.4, -0.2) is 51.7 Å². The predicted molar refractivity (Wildman–Crippen MR) is 94.0 cm³/mol. The van der Waals surface area contributed by atoms with Crippen LogP contribution in [0.2, 0.25) is 0 Å². The van der Waals surface area contributed by atoms with Crippen LogP contribution in [0.25, 0.3) is 0 Å². The van der Waals surface area contributed by atoms with Gasteiger partial charge >= 0.3 is 0 Å². The van der Waals surface area contributed by atoms with E-state index in [2.05, 4.69) is 17.6 Å². The van der Waals surface area contributed by atoms with Crippen LogP contribution in [-0.2, 0) is 20.7 Å². The lowest BCUT2D eigenvalue weighted by molar-refractivity contribution is -0.126. The zero-order valence-electron chi connectivity index (χ0n) is 14.5. The molecule has 132 valence electrons. The van der Waals surface area contributed by atoms with E-state index in [9.17, 15) is 9.59 Å². The van der Waals surface area contributed by atoms with Gasteiger partial charge in [-0.3, -0.25) is 9.59 Å². The molecule has 1 atom stereocenters. The molecule has 2 N–H and O–H groups in total. The summed E-state index contributed by atoms with van der Waals surface area (Å²) in [5, 5.41) is 6.06. The molecule has 1 heterocycles. The molecule has 2 rings (SSSR count). The molecule has 1 saturated heterocycles. The summed E-state index contributed by atoms with van der Waals surface area (Å²) >= 11 is 0. The molecule has 1 aliphatic rings. The van der Waals surface area contributed by atoms with Crippen molar-refractivity contribution < 1.29 is 14.3 Å². The van der Waals surface area contributed by atoms with E-state index in [1.165, 1.54) is 5.56 Å². The molecule has 6 nitrogen and oxygen atoms in total. The van der Waals surface area contributed by atoms with Crippen LogP contribution < -0.4 is 15.5 Å². The van der Waals surface area contributed by atoms with E-state index in [-0.39, 0.29) is 24.2 Å². The molecule has 0 saturated carbocycles. The molecule has 0 bridgehead atoms. The molecule has 0 spiro atoms. The highest BCUT2D eigenvalue weighted by Gasteiger charge is 2.34. The molecule has 2 amide bonds. The molecule has 0 aliphatic carbocycles. The van der Waals surface area contributed by atoms with E-state index in [4.69, 9.17) is 4.74 Å². The van der Waals surface area contributed by atoms with Gasteiger partial charge in [-0.1, -0.05) is 19.1 Å². The number of rotatable bonds is 9. The first kappa shape index (κ1) is 18.4. The van der Waals surface area contributed by atoms with Crippen molar-refractivity contribution in [2.45, 2.75) is 19.8 Å². The van der Waals surface area contributed by atoms with Crippen LogP contribution in [0.3, 0.4) is 0 Å². The number of carbonyl (C=O) groups is 2. The Morgan fingerprint density at radius 3 is 2.67 bits per heavy atom. The quantitative estimate of drug-likeness (QED) is 0.660. The van der Waals surface area contributed by atoms with Crippen molar-refractivity contribution in [2.75, 3.05) is 44.8 Å². The highest BCUT2D eigenvalue weighted by Crippen LogP contribution is 2.25. The summed E-state index contributed by atoms with van der Waals surface area (Å²) in [4.78, 5) is 26.1. The zero-order valence-corrected chi connectivity index (χ0v) is 14.5. The normalized spacial score (nSPS) is 17.3. The van der Waals surface area contributed by atoms with Crippen LogP contribution in [0.15, 0.2) is 24.3 Å². The maximum atomic E-state index is 12.2. The Balaban J connectivity index is 1.79. The summed E-state index contributed by atoms with van der Waals surface area (Å²) in [5.74, 6) is -0.315. The molecular weight excluding hydrogens is 306 g/mol. The summed E-state index contributed by atoms with van der Waals surface area (Å²) in [6.07, 6.45) is 1.25. The van der Waals surface area contributed by atoms with Crippen LogP contribution >= 0.6 is 0 Å². The lowest BCUT2D eigenvalue weighted by atomic mass is 10.1. The topological polar surface area (TPSA) is 70.7 Å². The van der Waals surface area contributed by atoms with Crippen LogP contribution in [0.5, 0.6) is 0 Å². The molecule has 24 heavy (non-hydrogen) atoms. The van der Waals surface area contributed by atoms with Crippen molar-refractivity contribution in [3.63, 3.8) is 0 Å². The van der Waals surface area contributed by atoms with Gasteiger partial charge in [0, 0.05) is 45.4 Å². The number of aryl methyl sites for hydroxylation is 1. The Hall–Kier alpha value is -1.92. The Kier molecular flexibility index (Phi) is 7.21. The minimum absolute atomic E-state index is 0.0117. The predicted octanol–water partition coefficient (Wildman–Crippen LogP) is 0.954. The Labute approximate surface area is 143 Å². The van der Waals surface area contributed by atoms with Gasteiger partial charge in [0.25, 0.3) is 0 Å². The summed E-state index contributed by atoms with van der Waals surface area (Å²) < 4.78 is 4.94. The molecular formula is C18H27N3O3. The second kappa shape index (κ2) is 9.39. The highest BCUT2D eigenvalue weighted by atomic mass is 16.5. The summed E-state index contributed by atoms with van der Waals surface area (Å²) in [6, 6.07) is 7.97. The number of hydrogen-bond acceptors (Lipinski definition) is 4. The maximum Gasteiger partial charge on any atom is 0.227 e. The second-order valence-electron chi connectivity index (χ2n) is 5.96. The summed E-state index contributed by atoms with van der Waals surface area (Å²) in [7, 11) is 1.65. The van der Waals surface area contributed by atoms with E-state index in [0.29, 0.717) is 26.2 Å². The first-order valence-corrected chi connectivity index (χ1v) is 8.52. The third kappa shape index (κ3) is 5.04. The average molecular weight is 333 g/mol. The minimum atomic E-state index is -0.276. The number of amides is 2. The molecule has 1 aromatic rings. The first-order chi connectivity index (χ1) is 11.7.